The van der Waals surface area contributed by atoms with Crippen molar-refractivity contribution in [2.75, 3.05) is 14.1 Å². The molecule has 3 nitrogen and oxygen atoms in total. The van der Waals surface area contributed by atoms with Crippen molar-refractivity contribution in [1.29, 1.82) is 0 Å². The first-order valence-corrected chi connectivity index (χ1v) is 1.15. The van der Waals surface area contributed by atoms with Crippen LogP contribution in [0.5, 0.6) is 0 Å². The predicted molar refractivity (Wildman–Crippen MR) is 38.0 cm³/mol. The number of rotatable bonds is 0. The zero-order valence-corrected chi connectivity index (χ0v) is 8.43. The summed E-state index contributed by atoms with van der Waals surface area (Å²) in [6, 6.07) is 0. The van der Waals surface area contributed by atoms with E-state index in [4.69, 9.17) is 0 Å². The van der Waals surface area contributed by atoms with Gasteiger partial charge in [0.15, 0.2) is 0 Å². The molecule has 0 fully saturated rings. The van der Waals surface area contributed by atoms with Crippen LogP contribution in [0, 0.1) is 0 Å². The van der Waals surface area contributed by atoms with Gasteiger partial charge in [-0.25, -0.2) is 0 Å². The fourth-order valence-corrected chi connectivity index (χ4v) is 0. The van der Waals surface area contributed by atoms with E-state index in [-0.39, 0.29) is 73.4 Å². The number of hydrogen-bond acceptors (Lipinski definition) is 2. The average Bonchev–Trinajstić information content (AvgIpc) is 1.50. The van der Waals surface area contributed by atoms with Crippen LogP contribution in [0.15, 0.2) is 0 Å². The molecule has 0 aromatic heterocycles. The zero-order valence-electron chi connectivity index (χ0n) is 5.31. The maximum atomic E-state index is 4.50. The normalized spacial score (nSPS) is 1.50. The fraction of sp³-hybridized carbons (Fsp3) is 1.00. The molecule has 0 atom stereocenters. The van der Waals surface area contributed by atoms with Gasteiger partial charge in [-0.1, -0.05) is 7.43 Å². The Morgan fingerprint density at radius 3 is 0.875 bits per heavy atom. The fourth-order valence-electron chi connectivity index (χ4n) is 0. The molecule has 0 bridgehead atoms. The first kappa shape index (κ1) is 55.0. The Labute approximate surface area is 97.5 Å². The van der Waals surface area contributed by atoms with E-state index in [0.717, 1.165) is 0 Å². The first-order chi connectivity index (χ1) is 2.00. The van der Waals surface area contributed by atoms with Crippen LogP contribution >= 0.6 is 0 Å². The van der Waals surface area contributed by atoms with Crippen molar-refractivity contribution >= 4 is 8.41 Å². The van der Waals surface area contributed by atoms with Crippen LogP contribution in [0.4, 0.5) is 0 Å². The Hall–Kier alpha value is 1.58. The standard InChI is InChI=1S/2CH5N.CH4.B.K.H2N/c2*1-2;;;;/h2*2H2,1H3;1H4;;;1H2/q;;;;+1;-1. The summed E-state index contributed by atoms with van der Waals surface area (Å²) < 4.78 is 0. The topological polar surface area (TPSA) is 85.5 Å². The van der Waals surface area contributed by atoms with Crippen LogP contribution < -0.4 is 62.9 Å². The Morgan fingerprint density at radius 1 is 0.875 bits per heavy atom. The molecule has 0 aliphatic heterocycles. The molecular formula is C3H16BKN3. The second-order valence-corrected chi connectivity index (χ2v) is 0. The second-order valence-electron chi connectivity index (χ2n) is 0. The maximum Gasteiger partial charge on any atom is 1.00 e. The van der Waals surface area contributed by atoms with E-state index in [9.17, 15) is 0 Å². The van der Waals surface area contributed by atoms with Crippen molar-refractivity contribution in [2.24, 2.45) is 11.5 Å². The Bertz CT molecular complexity index is 14.5. The van der Waals surface area contributed by atoms with Gasteiger partial charge in [0.1, 0.15) is 0 Å². The van der Waals surface area contributed by atoms with E-state index in [1.807, 2.05) is 0 Å². The molecule has 0 saturated carbocycles. The summed E-state index contributed by atoms with van der Waals surface area (Å²) in [6.07, 6.45) is 0. The smallest absolute Gasteiger partial charge is 0.693 e. The number of hydrogen-bond donors (Lipinski definition) is 2. The molecule has 0 aliphatic carbocycles. The van der Waals surface area contributed by atoms with E-state index in [1.54, 1.807) is 0 Å². The molecule has 5 heteroatoms. The minimum Gasteiger partial charge on any atom is -0.693 e. The summed E-state index contributed by atoms with van der Waals surface area (Å²) in [5, 5.41) is 0. The van der Waals surface area contributed by atoms with Crippen LogP contribution in [-0.4, -0.2) is 22.5 Å². The SMILES string of the molecule is C.CN.CN.[B].[K+].[NH2-]. The molecule has 0 heterocycles. The van der Waals surface area contributed by atoms with Gasteiger partial charge in [0.05, 0.1) is 0 Å². The molecule has 8 heavy (non-hydrogen) atoms. The summed E-state index contributed by atoms with van der Waals surface area (Å²) in [6.45, 7) is 0. The number of nitrogens with two attached hydrogens (primary N) is 3. The Morgan fingerprint density at radius 2 is 0.875 bits per heavy atom. The maximum absolute atomic E-state index is 4.50. The largest absolute Gasteiger partial charge is 1.00 e. The van der Waals surface area contributed by atoms with Gasteiger partial charge in [-0.15, -0.1) is 0 Å². The van der Waals surface area contributed by atoms with Gasteiger partial charge in [-0.05, 0) is 14.1 Å². The van der Waals surface area contributed by atoms with Crippen molar-refractivity contribution in [3.63, 3.8) is 0 Å². The second kappa shape index (κ2) is 197. The monoisotopic (exact) mass is 144 g/mol. The zero-order chi connectivity index (χ0) is 4.00. The van der Waals surface area contributed by atoms with E-state index in [1.165, 1.54) is 14.1 Å². The molecule has 0 amide bonds. The van der Waals surface area contributed by atoms with Crippen molar-refractivity contribution in [2.45, 2.75) is 7.43 Å². The molecule has 0 spiro atoms. The van der Waals surface area contributed by atoms with Gasteiger partial charge >= 0.3 is 51.4 Å². The third-order valence-electron chi connectivity index (χ3n) is 0. The van der Waals surface area contributed by atoms with Crippen molar-refractivity contribution < 1.29 is 51.4 Å². The summed E-state index contributed by atoms with van der Waals surface area (Å²) in [7, 11) is 3.00. The molecule has 0 unspecified atom stereocenters. The average molecular weight is 144 g/mol. The molecule has 0 rings (SSSR count). The minimum absolute atomic E-state index is 0. The van der Waals surface area contributed by atoms with E-state index in [2.05, 4.69) is 11.5 Å². The van der Waals surface area contributed by atoms with Crippen LogP contribution in [-0.2, 0) is 0 Å². The summed E-state index contributed by atoms with van der Waals surface area (Å²) in [5.41, 5.74) is 9.00. The van der Waals surface area contributed by atoms with Crippen LogP contribution in [0.3, 0.4) is 0 Å². The van der Waals surface area contributed by atoms with Gasteiger partial charge in [0.2, 0.25) is 0 Å². The molecule has 0 saturated heterocycles. The van der Waals surface area contributed by atoms with Gasteiger partial charge in [-0.2, -0.15) is 0 Å². The molecule has 3 radical (unpaired) electrons. The van der Waals surface area contributed by atoms with E-state index >= 15 is 0 Å². The van der Waals surface area contributed by atoms with Crippen molar-refractivity contribution in [3.8, 4) is 0 Å². The molecular weight excluding hydrogens is 128 g/mol. The van der Waals surface area contributed by atoms with Crippen molar-refractivity contribution in [3.05, 3.63) is 6.15 Å². The predicted octanol–water partition coefficient (Wildman–Crippen LogP) is -2.87. The summed E-state index contributed by atoms with van der Waals surface area (Å²) in [5.74, 6) is 0. The molecule has 0 aliphatic rings. The van der Waals surface area contributed by atoms with Crippen LogP contribution in [0.1, 0.15) is 7.43 Å². The van der Waals surface area contributed by atoms with Crippen LogP contribution in [0.25, 0.3) is 6.15 Å². The van der Waals surface area contributed by atoms with Gasteiger partial charge in [-0.3, -0.25) is 0 Å². The molecule has 0 aromatic carbocycles. The quantitative estimate of drug-likeness (QED) is 0.358. The summed E-state index contributed by atoms with van der Waals surface area (Å²) >= 11 is 0. The summed E-state index contributed by atoms with van der Waals surface area (Å²) in [4.78, 5) is 0. The third-order valence-corrected chi connectivity index (χ3v) is 0. The molecule has 0 aromatic rings. The van der Waals surface area contributed by atoms with Gasteiger partial charge < -0.3 is 17.6 Å². The minimum atomic E-state index is 0. The van der Waals surface area contributed by atoms with Gasteiger partial charge in [0, 0.05) is 8.41 Å². The van der Waals surface area contributed by atoms with E-state index in [0.29, 0.717) is 0 Å². The third kappa shape index (κ3) is 131. The molecule has 47 valence electrons. The molecule has 6 N–H and O–H groups in total. The Kier molecular flexibility index (Phi) is 1360. The van der Waals surface area contributed by atoms with Gasteiger partial charge in [0.25, 0.3) is 0 Å². The van der Waals surface area contributed by atoms with Crippen LogP contribution in [0.2, 0.25) is 0 Å². The van der Waals surface area contributed by atoms with Crippen molar-refractivity contribution in [1.82, 2.24) is 0 Å². The Balaban J connectivity index is -0.00000000167. The van der Waals surface area contributed by atoms with E-state index < -0.39 is 0 Å². The first-order valence-electron chi connectivity index (χ1n) is 1.15.